The van der Waals surface area contributed by atoms with E-state index in [1.165, 1.54) is 31.3 Å². The summed E-state index contributed by atoms with van der Waals surface area (Å²) in [6, 6.07) is -0.828. The van der Waals surface area contributed by atoms with E-state index in [1.807, 2.05) is 13.8 Å². The van der Waals surface area contributed by atoms with E-state index in [0.29, 0.717) is 17.8 Å². The number of hydrogen-bond acceptors (Lipinski definition) is 7. The normalized spacial score (nSPS) is 47.7. The largest absolute Gasteiger partial charge is 0.394 e. The molecule has 0 spiro atoms. The van der Waals surface area contributed by atoms with E-state index in [9.17, 15) is 20.2 Å². The molecular weight excluding hydrogens is 518 g/mol. The molecule has 12 atom stereocenters. The Morgan fingerprint density at radius 3 is 2.59 bits per heavy atom. The van der Waals surface area contributed by atoms with E-state index in [0.717, 1.165) is 32.1 Å². The summed E-state index contributed by atoms with van der Waals surface area (Å²) in [6.07, 6.45) is 15.1. The first-order valence-corrected chi connectivity index (χ1v) is 16.3. The minimum Gasteiger partial charge on any atom is -0.394 e. The highest BCUT2D eigenvalue weighted by Crippen LogP contribution is 2.71. The lowest BCUT2D eigenvalue weighted by Gasteiger charge is -2.62. The van der Waals surface area contributed by atoms with Crippen LogP contribution in [-0.4, -0.2) is 58.2 Å². The van der Waals surface area contributed by atoms with Crippen LogP contribution in [0.15, 0.2) is 29.0 Å². The Morgan fingerprint density at radius 2 is 1.90 bits per heavy atom. The Hall–Kier alpha value is -1.12. The lowest BCUT2D eigenvalue weighted by molar-refractivity contribution is -0.272. The summed E-state index contributed by atoms with van der Waals surface area (Å²) < 4.78 is 12.2. The van der Waals surface area contributed by atoms with Gasteiger partial charge in [-0.15, -0.1) is 0 Å². The number of aliphatic hydroxyl groups excluding tert-OH is 2. The van der Waals surface area contributed by atoms with Gasteiger partial charge in [-0.2, -0.15) is 4.91 Å². The van der Waals surface area contributed by atoms with E-state index in [1.54, 1.807) is 0 Å². The fourth-order valence-corrected chi connectivity index (χ4v) is 9.95. The number of aliphatic hydroxyl groups is 3. The van der Waals surface area contributed by atoms with Crippen molar-refractivity contribution in [3.8, 4) is 0 Å². The fourth-order valence-electron chi connectivity index (χ4n) is 9.95. The van der Waals surface area contributed by atoms with Gasteiger partial charge in [-0.05, 0) is 92.8 Å². The van der Waals surface area contributed by atoms with E-state index < -0.39 is 30.1 Å². The van der Waals surface area contributed by atoms with Gasteiger partial charge in [-0.3, -0.25) is 0 Å². The molecule has 0 aromatic heterocycles. The van der Waals surface area contributed by atoms with Gasteiger partial charge in [-0.1, -0.05) is 69.5 Å². The number of fused-ring (bicyclic) bond motifs is 5. The number of allylic oxidation sites excluding steroid dienone is 3. The lowest BCUT2D eigenvalue weighted by atomic mass is 9.42. The minimum absolute atomic E-state index is 0.0999. The van der Waals surface area contributed by atoms with Crippen LogP contribution in [0.3, 0.4) is 0 Å². The van der Waals surface area contributed by atoms with Gasteiger partial charge in [0, 0.05) is 12.3 Å². The van der Waals surface area contributed by atoms with Gasteiger partial charge in [0.2, 0.25) is 0 Å². The van der Waals surface area contributed by atoms with Crippen LogP contribution >= 0.6 is 0 Å². The first kappa shape index (κ1) is 31.3. The molecule has 7 nitrogen and oxygen atoms in total. The van der Waals surface area contributed by atoms with Gasteiger partial charge in [-0.25, -0.2) is 0 Å². The molecule has 1 heterocycles. The van der Waals surface area contributed by atoms with Gasteiger partial charge >= 0.3 is 0 Å². The van der Waals surface area contributed by atoms with Crippen LogP contribution in [0.25, 0.3) is 0 Å². The molecular formula is C34H55NO6. The highest BCUT2D eigenvalue weighted by Gasteiger charge is 2.64. The molecule has 3 unspecified atom stereocenters. The third kappa shape index (κ3) is 5.41. The molecule has 2 saturated carbocycles. The molecule has 5 rings (SSSR count). The number of rotatable bonds is 9. The smallest absolute Gasteiger partial charge is 0.186 e. The zero-order chi connectivity index (χ0) is 29.8. The summed E-state index contributed by atoms with van der Waals surface area (Å²) in [4.78, 5) is 11.3. The SMILES string of the molecule is C[C@@H]1C2=CCC3[C@@](C)(C=C[C@]4(C)C(CCCCC(C)(C)O)CC[C@@]34C)C2CC[C@@H]1O[C@@H]1O[C@H](CO)C[C@H](N=O)[C@H]1O. The van der Waals surface area contributed by atoms with Crippen molar-refractivity contribution in [1.29, 1.82) is 0 Å². The third-order valence-corrected chi connectivity index (χ3v) is 12.7. The van der Waals surface area contributed by atoms with Crippen LogP contribution in [-0.2, 0) is 9.47 Å². The van der Waals surface area contributed by atoms with Crippen molar-refractivity contribution in [3.05, 3.63) is 28.7 Å². The molecule has 1 saturated heterocycles. The second-order valence-corrected chi connectivity index (χ2v) is 15.5. The van der Waals surface area contributed by atoms with Gasteiger partial charge < -0.3 is 24.8 Å². The second-order valence-electron chi connectivity index (χ2n) is 15.5. The molecule has 3 N–H and O–H groups in total. The van der Waals surface area contributed by atoms with E-state index >= 15 is 0 Å². The third-order valence-electron chi connectivity index (χ3n) is 12.7. The Bertz CT molecular complexity index is 1020. The van der Waals surface area contributed by atoms with Gasteiger partial charge in [0.1, 0.15) is 12.1 Å². The van der Waals surface area contributed by atoms with Gasteiger partial charge in [0.15, 0.2) is 6.29 Å². The number of unbranched alkanes of at least 4 members (excludes halogenated alkanes) is 1. The van der Waals surface area contributed by atoms with Gasteiger partial charge in [0.25, 0.3) is 0 Å². The van der Waals surface area contributed by atoms with Crippen molar-refractivity contribution in [2.75, 3.05) is 6.61 Å². The highest BCUT2D eigenvalue weighted by molar-refractivity contribution is 5.33. The predicted octanol–water partition coefficient (Wildman–Crippen LogP) is 6.30. The van der Waals surface area contributed by atoms with Crippen LogP contribution in [0.1, 0.15) is 106 Å². The van der Waals surface area contributed by atoms with E-state index in [4.69, 9.17) is 9.47 Å². The zero-order valence-electron chi connectivity index (χ0n) is 26.2. The first-order chi connectivity index (χ1) is 19.3. The van der Waals surface area contributed by atoms with Crippen molar-refractivity contribution in [2.45, 2.75) is 142 Å². The standard InChI is InChI=1S/C34H55NO6/c1-21-24-10-13-28-32(4,17-18-33(5)22(14-16-34(28,33)6)9-7-8-15-31(2,3)38)25(24)11-12-27(21)41-30-29(37)26(35-39)19-23(20-36)40-30/h10,17-18,21-23,25-30,36-38H,7-9,11-16,19-20H2,1-6H3/t21-,22?,23+,25?,26+,27+,28?,29-,30+,32+,33-,34+/m1/s1. The first-order valence-electron chi connectivity index (χ1n) is 16.3. The molecule has 0 aromatic carbocycles. The maximum atomic E-state index is 11.3. The van der Waals surface area contributed by atoms with Crippen molar-refractivity contribution >= 4 is 0 Å². The molecule has 4 aliphatic carbocycles. The fraction of sp³-hybridized carbons (Fsp3) is 0.882. The lowest BCUT2D eigenvalue weighted by Crippen LogP contribution is -2.56. The van der Waals surface area contributed by atoms with Crippen LogP contribution < -0.4 is 0 Å². The van der Waals surface area contributed by atoms with Crippen molar-refractivity contribution < 1.29 is 24.8 Å². The molecule has 232 valence electrons. The molecule has 0 bridgehead atoms. The van der Waals surface area contributed by atoms with Gasteiger partial charge in [0.05, 0.1) is 24.4 Å². The quantitative estimate of drug-likeness (QED) is 0.170. The Kier molecular flexibility index (Phi) is 8.72. The summed E-state index contributed by atoms with van der Waals surface area (Å²) in [5.41, 5.74) is 1.44. The van der Waals surface area contributed by atoms with Crippen molar-refractivity contribution in [1.82, 2.24) is 0 Å². The zero-order valence-corrected chi connectivity index (χ0v) is 26.2. The monoisotopic (exact) mass is 573 g/mol. The van der Waals surface area contributed by atoms with Crippen molar-refractivity contribution in [3.63, 3.8) is 0 Å². The number of ether oxygens (including phenoxy) is 2. The Balaban J connectivity index is 1.30. The molecule has 41 heavy (non-hydrogen) atoms. The predicted molar refractivity (Wildman–Crippen MR) is 160 cm³/mol. The number of nitrogens with zero attached hydrogens (tertiary/aromatic N) is 1. The summed E-state index contributed by atoms with van der Waals surface area (Å²) in [5.74, 6) is 1.93. The Morgan fingerprint density at radius 1 is 1.15 bits per heavy atom. The summed E-state index contributed by atoms with van der Waals surface area (Å²) in [5, 5.41) is 33.6. The highest BCUT2D eigenvalue weighted by atomic mass is 16.7. The molecule has 7 heteroatoms. The minimum atomic E-state index is -1.12. The van der Waals surface area contributed by atoms with E-state index in [2.05, 4.69) is 51.1 Å². The van der Waals surface area contributed by atoms with Crippen LogP contribution in [0.4, 0.5) is 0 Å². The molecule has 3 fully saturated rings. The summed E-state index contributed by atoms with van der Waals surface area (Å²) in [6.45, 7) is 13.4. The summed E-state index contributed by atoms with van der Waals surface area (Å²) in [7, 11) is 0. The van der Waals surface area contributed by atoms with Crippen molar-refractivity contribution in [2.24, 2.45) is 45.1 Å². The maximum Gasteiger partial charge on any atom is 0.186 e. The summed E-state index contributed by atoms with van der Waals surface area (Å²) >= 11 is 0. The molecule has 0 aromatic rings. The second kappa shape index (κ2) is 11.4. The number of hydrogen-bond donors (Lipinski definition) is 3. The molecule has 0 amide bonds. The topological polar surface area (TPSA) is 109 Å². The average Bonchev–Trinajstić information content (AvgIpc) is 3.19. The Labute approximate surface area is 247 Å². The molecule has 5 aliphatic rings. The molecule has 1 aliphatic heterocycles. The maximum absolute atomic E-state index is 11.3. The van der Waals surface area contributed by atoms with Crippen LogP contribution in [0, 0.1) is 44.8 Å². The average molecular weight is 574 g/mol. The molecule has 0 radical (unpaired) electrons. The van der Waals surface area contributed by atoms with Crippen LogP contribution in [0.2, 0.25) is 0 Å². The van der Waals surface area contributed by atoms with E-state index in [-0.39, 0.29) is 41.3 Å². The van der Waals surface area contributed by atoms with Crippen LogP contribution in [0.5, 0.6) is 0 Å². The number of nitroso groups, excluding NO2 is 1.